The van der Waals surface area contributed by atoms with Crippen molar-refractivity contribution in [2.45, 2.75) is 43.2 Å². The van der Waals surface area contributed by atoms with Crippen molar-refractivity contribution in [3.63, 3.8) is 0 Å². The quantitative estimate of drug-likeness (QED) is 0.849. The molecule has 0 spiro atoms. The summed E-state index contributed by atoms with van der Waals surface area (Å²) in [6.45, 7) is 2.78. The summed E-state index contributed by atoms with van der Waals surface area (Å²) in [6.07, 6.45) is 6.50. The maximum atomic E-state index is 12.0. The van der Waals surface area contributed by atoms with Crippen molar-refractivity contribution in [3.8, 4) is 0 Å². The Morgan fingerprint density at radius 3 is 2.43 bits per heavy atom. The highest BCUT2D eigenvalue weighted by atomic mass is 32.2. The molecule has 1 aliphatic heterocycles. The van der Waals surface area contributed by atoms with Crippen LogP contribution in [0.25, 0.3) is 0 Å². The monoisotopic (exact) mass is 304 g/mol. The number of benzene rings is 1. The number of carbonyl (C=O) groups is 1. The van der Waals surface area contributed by atoms with Crippen LogP contribution in [0, 0.1) is 5.92 Å². The van der Waals surface area contributed by atoms with Gasteiger partial charge in [0.15, 0.2) is 0 Å². The molecule has 2 aliphatic rings. The van der Waals surface area contributed by atoms with E-state index >= 15 is 0 Å². The molecule has 3 rings (SSSR count). The molecule has 21 heavy (non-hydrogen) atoms. The predicted octanol–water partition coefficient (Wildman–Crippen LogP) is 2.90. The van der Waals surface area contributed by atoms with E-state index < -0.39 is 0 Å². The van der Waals surface area contributed by atoms with Gasteiger partial charge in [-0.05, 0) is 49.6 Å². The van der Waals surface area contributed by atoms with Gasteiger partial charge in [0.05, 0.1) is 0 Å². The zero-order chi connectivity index (χ0) is 14.7. The normalized spacial score (nSPS) is 19.8. The first-order valence-electron chi connectivity index (χ1n) is 7.91. The van der Waals surface area contributed by atoms with Crippen molar-refractivity contribution in [2.24, 2.45) is 5.92 Å². The van der Waals surface area contributed by atoms with Gasteiger partial charge in [0.2, 0.25) is 5.91 Å². The van der Waals surface area contributed by atoms with E-state index in [1.54, 1.807) is 11.8 Å². The minimum atomic E-state index is 0.365. The first-order chi connectivity index (χ1) is 10.3. The van der Waals surface area contributed by atoms with Crippen LogP contribution in [-0.2, 0) is 11.3 Å². The van der Waals surface area contributed by atoms with Gasteiger partial charge in [0.25, 0.3) is 0 Å². The second-order valence-electron chi connectivity index (χ2n) is 6.10. The lowest BCUT2D eigenvalue weighted by Crippen LogP contribution is -2.45. The number of nitrogens with one attached hydrogen (secondary N) is 1. The van der Waals surface area contributed by atoms with Gasteiger partial charge in [-0.2, -0.15) is 0 Å². The summed E-state index contributed by atoms with van der Waals surface area (Å²) in [7, 11) is 0. The second-order valence-corrected chi connectivity index (χ2v) is 6.98. The summed E-state index contributed by atoms with van der Waals surface area (Å²) in [6, 6.07) is 9.31. The molecule has 1 aliphatic carbocycles. The SMILES string of the molecule is CSc1ccc(CNC2CCN(C(=O)C3CC3)CC2)cc1. The van der Waals surface area contributed by atoms with Crippen LogP contribution in [0.5, 0.6) is 0 Å². The Kier molecular flexibility index (Phi) is 4.86. The predicted molar refractivity (Wildman–Crippen MR) is 87.4 cm³/mol. The molecule has 0 unspecified atom stereocenters. The molecule has 2 fully saturated rings. The Bertz CT molecular complexity index is 476. The lowest BCUT2D eigenvalue weighted by molar-refractivity contribution is -0.133. The van der Waals surface area contributed by atoms with Gasteiger partial charge in [-0.15, -0.1) is 11.8 Å². The molecule has 3 nitrogen and oxygen atoms in total. The summed E-state index contributed by atoms with van der Waals surface area (Å²) in [5, 5.41) is 3.63. The van der Waals surface area contributed by atoms with Crippen LogP contribution >= 0.6 is 11.8 Å². The van der Waals surface area contributed by atoms with E-state index in [-0.39, 0.29) is 0 Å². The molecule has 0 atom stereocenters. The molecular weight excluding hydrogens is 280 g/mol. The summed E-state index contributed by atoms with van der Waals surface area (Å²) in [5.41, 5.74) is 1.34. The molecule has 0 bridgehead atoms. The van der Waals surface area contributed by atoms with Crippen LogP contribution in [0.1, 0.15) is 31.2 Å². The molecule has 1 heterocycles. The molecule has 0 aromatic heterocycles. The van der Waals surface area contributed by atoms with E-state index in [0.29, 0.717) is 17.9 Å². The molecule has 0 radical (unpaired) electrons. The summed E-state index contributed by atoms with van der Waals surface area (Å²) in [4.78, 5) is 15.4. The van der Waals surface area contributed by atoms with Crippen molar-refractivity contribution in [1.29, 1.82) is 0 Å². The number of rotatable bonds is 5. The minimum absolute atomic E-state index is 0.365. The standard InChI is InChI=1S/C17H24N2OS/c1-21-16-6-2-13(3-7-16)12-18-15-8-10-19(11-9-15)17(20)14-4-5-14/h2-3,6-7,14-15,18H,4-5,8-12H2,1H3. The highest BCUT2D eigenvalue weighted by molar-refractivity contribution is 7.98. The maximum absolute atomic E-state index is 12.0. The molecular formula is C17H24N2OS. The Morgan fingerprint density at radius 2 is 1.86 bits per heavy atom. The number of likely N-dealkylation sites (tertiary alicyclic amines) is 1. The maximum Gasteiger partial charge on any atom is 0.225 e. The number of amides is 1. The van der Waals surface area contributed by atoms with Crippen molar-refractivity contribution >= 4 is 17.7 Å². The van der Waals surface area contributed by atoms with Gasteiger partial charge >= 0.3 is 0 Å². The van der Waals surface area contributed by atoms with E-state index in [1.165, 1.54) is 10.5 Å². The van der Waals surface area contributed by atoms with Crippen LogP contribution in [0.2, 0.25) is 0 Å². The average Bonchev–Trinajstić information content (AvgIpc) is 3.38. The number of piperidine rings is 1. The molecule has 1 aromatic carbocycles. The average molecular weight is 304 g/mol. The second kappa shape index (κ2) is 6.84. The van der Waals surface area contributed by atoms with E-state index in [4.69, 9.17) is 0 Å². The fourth-order valence-corrected chi connectivity index (χ4v) is 3.31. The Hall–Kier alpha value is -1.00. The van der Waals surface area contributed by atoms with Crippen LogP contribution in [0.4, 0.5) is 0 Å². The number of carbonyl (C=O) groups excluding carboxylic acids is 1. The number of hydrogen-bond acceptors (Lipinski definition) is 3. The number of nitrogens with zero attached hydrogens (tertiary/aromatic N) is 1. The minimum Gasteiger partial charge on any atom is -0.342 e. The number of thioether (sulfide) groups is 1. The zero-order valence-corrected chi connectivity index (χ0v) is 13.5. The fraction of sp³-hybridized carbons (Fsp3) is 0.588. The van der Waals surface area contributed by atoms with Gasteiger partial charge in [-0.1, -0.05) is 12.1 Å². The first kappa shape index (κ1) is 14.9. The molecule has 1 N–H and O–H groups in total. The van der Waals surface area contributed by atoms with Gasteiger partial charge in [0.1, 0.15) is 0 Å². The van der Waals surface area contributed by atoms with Crippen molar-refractivity contribution in [1.82, 2.24) is 10.2 Å². The summed E-state index contributed by atoms with van der Waals surface area (Å²) < 4.78 is 0. The van der Waals surface area contributed by atoms with Crippen molar-refractivity contribution in [3.05, 3.63) is 29.8 Å². The van der Waals surface area contributed by atoms with Gasteiger partial charge in [-0.25, -0.2) is 0 Å². The highest BCUT2D eigenvalue weighted by Gasteiger charge is 2.34. The Morgan fingerprint density at radius 1 is 1.19 bits per heavy atom. The zero-order valence-electron chi connectivity index (χ0n) is 12.7. The van der Waals surface area contributed by atoms with Crippen LogP contribution in [-0.4, -0.2) is 36.2 Å². The smallest absolute Gasteiger partial charge is 0.225 e. The largest absolute Gasteiger partial charge is 0.342 e. The van der Waals surface area contributed by atoms with E-state index in [9.17, 15) is 4.79 Å². The lowest BCUT2D eigenvalue weighted by Gasteiger charge is -2.32. The third-order valence-corrected chi connectivity index (χ3v) is 5.23. The van der Waals surface area contributed by atoms with Crippen LogP contribution in [0.15, 0.2) is 29.2 Å². The Balaban J connectivity index is 1.41. The van der Waals surface area contributed by atoms with E-state index in [1.807, 2.05) is 0 Å². The molecule has 4 heteroatoms. The van der Waals surface area contributed by atoms with E-state index in [2.05, 4.69) is 40.7 Å². The lowest BCUT2D eigenvalue weighted by atomic mass is 10.0. The van der Waals surface area contributed by atoms with Gasteiger partial charge < -0.3 is 10.2 Å². The van der Waals surface area contributed by atoms with Gasteiger partial charge in [0, 0.05) is 36.5 Å². The number of hydrogen-bond donors (Lipinski definition) is 1. The summed E-state index contributed by atoms with van der Waals surface area (Å²) >= 11 is 1.78. The summed E-state index contributed by atoms with van der Waals surface area (Å²) in [5.74, 6) is 0.769. The molecule has 114 valence electrons. The Labute approximate surface area is 131 Å². The van der Waals surface area contributed by atoms with Gasteiger partial charge in [-0.3, -0.25) is 4.79 Å². The third-order valence-electron chi connectivity index (χ3n) is 4.49. The molecule has 1 saturated heterocycles. The topological polar surface area (TPSA) is 32.3 Å². The first-order valence-corrected chi connectivity index (χ1v) is 9.14. The third kappa shape index (κ3) is 4.01. The molecule has 1 aromatic rings. The van der Waals surface area contributed by atoms with Crippen LogP contribution in [0.3, 0.4) is 0 Å². The van der Waals surface area contributed by atoms with Crippen molar-refractivity contribution in [2.75, 3.05) is 19.3 Å². The fourth-order valence-electron chi connectivity index (χ4n) is 2.90. The molecule has 1 amide bonds. The van der Waals surface area contributed by atoms with Crippen molar-refractivity contribution < 1.29 is 4.79 Å². The van der Waals surface area contributed by atoms with Crippen LogP contribution < -0.4 is 5.32 Å². The highest BCUT2D eigenvalue weighted by Crippen LogP contribution is 2.31. The van der Waals surface area contributed by atoms with E-state index in [0.717, 1.165) is 45.3 Å². The molecule has 1 saturated carbocycles.